The van der Waals surface area contributed by atoms with Crippen molar-refractivity contribution in [3.8, 4) is 0 Å². The highest BCUT2D eigenvalue weighted by atomic mass is 16.2. The lowest BCUT2D eigenvalue weighted by molar-refractivity contribution is 0.146. The Kier molecular flexibility index (Phi) is 4.86. The van der Waals surface area contributed by atoms with Gasteiger partial charge in [0.25, 0.3) is 0 Å². The van der Waals surface area contributed by atoms with Crippen molar-refractivity contribution in [3.63, 3.8) is 0 Å². The molecule has 2 unspecified atom stereocenters. The number of rotatable bonds is 3. The molecule has 3 rings (SSSR count). The number of nitrogens with one attached hydrogen (secondary N) is 1. The summed E-state index contributed by atoms with van der Waals surface area (Å²) in [5, 5.41) is 3.26. The van der Waals surface area contributed by atoms with Crippen LogP contribution in [0.2, 0.25) is 0 Å². The average molecular weight is 301 g/mol. The SMILES string of the molecule is CCC1CCCCN1C(=O)NC1CCN(c2ccccc2)C1. The van der Waals surface area contributed by atoms with Crippen LogP contribution in [0.1, 0.15) is 39.0 Å². The van der Waals surface area contributed by atoms with Gasteiger partial charge in [0.05, 0.1) is 0 Å². The van der Waals surface area contributed by atoms with Crippen molar-refractivity contribution in [2.75, 3.05) is 24.5 Å². The largest absolute Gasteiger partial charge is 0.369 e. The van der Waals surface area contributed by atoms with Crippen molar-refractivity contribution >= 4 is 11.7 Å². The lowest BCUT2D eigenvalue weighted by atomic mass is 10.0. The summed E-state index contributed by atoms with van der Waals surface area (Å²) in [4.78, 5) is 17.0. The Morgan fingerprint density at radius 2 is 2.00 bits per heavy atom. The first kappa shape index (κ1) is 15.2. The molecule has 2 heterocycles. The summed E-state index contributed by atoms with van der Waals surface area (Å²) in [6.07, 6.45) is 5.66. The van der Waals surface area contributed by atoms with Crippen LogP contribution in [0, 0.1) is 0 Å². The maximum absolute atomic E-state index is 12.6. The molecule has 0 aliphatic carbocycles. The Morgan fingerprint density at radius 1 is 1.18 bits per heavy atom. The van der Waals surface area contributed by atoms with E-state index in [1.54, 1.807) is 0 Å². The van der Waals surface area contributed by atoms with Gasteiger partial charge in [-0.3, -0.25) is 0 Å². The van der Waals surface area contributed by atoms with Crippen LogP contribution in [0.5, 0.6) is 0 Å². The van der Waals surface area contributed by atoms with Crippen LogP contribution in [-0.4, -0.2) is 42.6 Å². The number of hydrogen-bond donors (Lipinski definition) is 1. The van der Waals surface area contributed by atoms with Crippen LogP contribution >= 0.6 is 0 Å². The summed E-state index contributed by atoms with van der Waals surface area (Å²) in [6, 6.07) is 11.3. The van der Waals surface area contributed by atoms with Crippen molar-refractivity contribution in [1.82, 2.24) is 10.2 Å². The van der Waals surface area contributed by atoms with E-state index in [1.807, 2.05) is 6.07 Å². The van der Waals surface area contributed by atoms with Crippen molar-refractivity contribution in [2.45, 2.75) is 51.1 Å². The van der Waals surface area contributed by atoms with Crippen molar-refractivity contribution in [1.29, 1.82) is 0 Å². The van der Waals surface area contributed by atoms with Crippen LogP contribution in [0.15, 0.2) is 30.3 Å². The minimum Gasteiger partial charge on any atom is -0.369 e. The summed E-state index contributed by atoms with van der Waals surface area (Å²) >= 11 is 0. The van der Waals surface area contributed by atoms with Gasteiger partial charge in [0.15, 0.2) is 0 Å². The highest BCUT2D eigenvalue weighted by Gasteiger charge is 2.29. The van der Waals surface area contributed by atoms with Crippen LogP contribution in [0.3, 0.4) is 0 Å². The van der Waals surface area contributed by atoms with Gasteiger partial charge in [-0.2, -0.15) is 0 Å². The number of amides is 2. The number of carbonyl (C=O) groups excluding carboxylic acids is 1. The molecule has 0 saturated carbocycles. The topological polar surface area (TPSA) is 35.6 Å². The summed E-state index contributed by atoms with van der Waals surface area (Å²) in [5.41, 5.74) is 1.25. The Morgan fingerprint density at radius 3 is 2.77 bits per heavy atom. The van der Waals surface area contributed by atoms with Gasteiger partial charge >= 0.3 is 6.03 Å². The molecule has 2 saturated heterocycles. The summed E-state index contributed by atoms with van der Waals surface area (Å²) in [6.45, 7) is 5.04. The molecule has 0 aromatic heterocycles. The fourth-order valence-electron chi connectivity index (χ4n) is 3.70. The third kappa shape index (κ3) is 3.37. The van der Waals surface area contributed by atoms with Crippen LogP contribution < -0.4 is 10.2 Å². The molecule has 120 valence electrons. The molecular formula is C18H27N3O. The number of benzene rings is 1. The molecule has 1 aromatic carbocycles. The quantitative estimate of drug-likeness (QED) is 0.930. The Bertz CT molecular complexity index is 490. The van der Waals surface area contributed by atoms with E-state index in [9.17, 15) is 4.79 Å². The van der Waals surface area contributed by atoms with Gasteiger partial charge in [0, 0.05) is 37.4 Å². The predicted octanol–water partition coefficient (Wildman–Crippen LogP) is 3.24. The average Bonchev–Trinajstić information content (AvgIpc) is 3.04. The van der Waals surface area contributed by atoms with E-state index in [0.717, 1.165) is 45.3 Å². The van der Waals surface area contributed by atoms with Crippen LogP contribution in [0.4, 0.5) is 10.5 Å². The normalized spacial score (nSPS) is 25.3. The minimum atomic E-state index is 0.145. The van der Waals surface area contributed by atoms with Gasteiger partial charge in [-0.15, -0.1) is 0 Å². The van der Waals surface area contributed by atoms with E-state index in [1.165, 1.54) is 12.1 Å². The van der Waals surface area contributed by atoms with Crippen molar-refractivity contribution < 1.29 is 4.79 Å². The Labute approximate surface area is 133 Å². The molecule has 2 amide bonds. The molecular weight excluding hydrogens is 274 g/mol. The zero-order chi connectivity index (χ0) is 15.4. The van der Waals surface area contributed by atoms with Gasteiger partial charge < -0.3 is 15.1 Å². The lowest BCUT2D eigenvalue weighted by Crippen LogP contribution is -2.51. The number of hydrogen-bond acceptors (Lipinski definition) is 2. The highest BCUT2D eigenvalue weighted by Crippen LogP contribution is 2.22. The highest BCUT2D eigenvalue weighted by molar-refractivity contribution is 5.75. The fraction of sp³-hybridized carbons (Fsp3) is 0.611. The third-order valence-electron chi connectivity index (χ3n) is 5.00. The number of nitrogens with zero attached hydrogens (tertiary/aromatic N) is 2. The van der Waals surface area contributed by atoms with Crippen LogP contribution in [-0.2, 0) is 0 Å². The predicted molar refractivity (Wildman–Crippen MR) is 90.2 cm³/mol. The third-order valence-corrected chi connectivity index (χ3v) is 5.00. The zero-order valence-electron chi connectivity index (χ0n) is 13.5. The van der Waals surface area contributed by atoms with Gasteiger partial charge in [-0.25, -0.2) is 4.79 Å². The van der Waals surface area contributed by atoms with Crippen molar-refractivity contribution in [2.24, 2.45) is 0 Å². The maximum Gasteiger partial charge on any atom is 0.317 e. The van der Waals surface area contributed by atoms with Gasteiger partial charge in [0.2, 0.25) is 0 Å². The molecule has 1 aromatic rings. The van der Waals surface area contributed by atoms with E-state index >= 15 is 0 Å². The lowest BCUT2D eigenvalue weighted by Gasteiger charge is -2.36. The van der Waals surface area contributed by atoms with Crippen molar-refractivity contribution in [3.05, 3.63) is 30.3 Å². The first-order valence-electron chi connectivity index (χ1n) is 8.65. The molecule has 4 nitrogen and oxygen atoms in total. The molecule has 22 heavy (non-hydrogen) atoms. The zero-order valence-corrected chi connectivity index (χ0v) is 13.5. The molecule has 2 aliphatic heterocycles. The maximum atomic E-state index is 12.6. The number of carbonyl (C=O) groups is 1. The molecule has 4 heteroatoms. The molecule has 2 fully saturated rings. The monoisotopic (exact) mass is 301 g/mol. The standard InChI is InChI=1S/C18H27N3O/c1-2-16-8-6-7-12-21(16)18(22)19-15-11-13-20(14-15)17-9-4-3-5-10-17/h3-5,9-10,15-16H,2,6-8,11-14H2,1H3,(H,19,22). The molecule has 0 spiro atoms. The second-order valence-electron chi connectivity index (χ2n) is 6.47. The molecule has 0 bridgehead atoms. The van der Waals surface area contributed by atoms with E-state index in [0.29, 0.717) is 6.04 Å². The molecule has 1 N–H and O–H groups in total. The Hall–Kier alpha value is -1.71. The first-order valence-corrected chi connectivity index (χ1v) is 8.65. The van der Waals surface area contributed by atoms with E-state index < -0.39 is 0 Å². The minimum absolute atomic E-state index is 0.145. The second kappa shape index (κ2) is 7.03. The summed E-state index contributed by atoms with van der Waals surface area (Å²) < 4.78 is 0. The van der Waals surface area contributed by atoms with E-state index in [4.69, 9.17) is 0 Å². The van der Waals surface area contributed by atoms with Crippen LogP contribution in [0.25, 0.3) is 0 Å². The van der Waals surface area contributed by atoms with E-state index in [2.05, 4.69) is 46.3 Å². The summed E-state index contributed by atoms with van der Waals surface area (Å²) in [5.74, 6) is 0. The number of anilines is 1. The molecule has 2 atom stereocenters. The number of likely N-dealkylation sites (tertiary alicyclic amines) is 1. The first-order chi connectivity index (χ1) is 10.8. The Balaban J connectivity index is 1.54. The van der Waals surface area contributed by atoms with Gasteiger partial charge in [-0.1, -0.05) is 25.1 Å². The van der Waals surface area contributed by atoms with E-state index in [-0.39, 0.29) is 12.1 Å². The van der Waals surface area contributed by atoms with Gasteiger partial charge in [0.1, 0.15) is 0 Å². The van der Waals surface area contributed by atoms with Gasteiger partial charge in [-0.05, 0) is 44.2 Å². The number of para-hydroxylation sites is 1. The number of piperidine rings is 1. The smallest absolute Gasteiger partial charge is 0.317 e. The summed E-state index contributed by atoms with van der Waals surface area (Å²) in [7, 11) is 0. The number of urea groups is 1. The molecule has 2 aliphatic rings. The molecule has 0 radical (unpaired) electrons. The fourth-order valence-corrected chi connectivity index (χ4v) is 3.70. The second-order valence-corrected chi connectivity index (χ2v) is 6.47.